The number of rotatable bonds is 3. The summed E-state index contributed by atoms with van der Waals surface area (Å²) in [6.45, 7) is 2.36. The van der Waals surface area contributed by atoms with E-state index in [1.54, 1.807) is 35.2 Å². The SMILES string of the molecule is CCN(C(=O)c1ccc(I)c(Cl)c1)c1ccc(F)cc1. The summed E-state index contributed by atoms with van der Waals surface area (Å²) in [5, 5.41) is 0.548. The maximum absolute atomic E-state index is 13.0. The zero-order chi connectivity index (χ0) is 14.7. The first-order chi connectivity index (χ1) is 9.52. The maximum Gasteiger partial charge on any atom is 0.258 e. The van der Waals surface area contributed by atoms with Gasteiger partial charge in [0.1, 0.15) is 5.82 Å². The lowest BCUT2D eigenvalue weighted by atomic mass is 10.2. The molecule has 2 nitrogen and oxygen atoms in total. The van der Waals surface area contributed by atoms with Gasteiger partial charge in [0.15, 0.2) is 0 Å². The molecule has 104 valence electrons. The number of carbonyl (C=O) groups excluding carboxylic acids is 1. The molecule has 0 heterocycles. The number of anilines is 1. The van der Waals surface area contributed by atoms with Gasteiger partial charge < -0.3 is 4.90 Å². The van der Waals surface area contributed by atoms with Crippen LogP contribution in [0.25, 0.3) is 0 Å². The van der Waals surface area contributed by atoms with Crippen LogP contribution in [0.1, 0.15) is 17.3 Å². The molecule has 0 saturated heterocycles. The number of amides is 1. The van der Waals surface area contributed by atoms with Crippen molar-refractivity contribution in [3.05, 3.63) is 62.4 Å². The van der Waals surface area contributed by atoms with Crippen molar-refractivity contribution in [2.75, 3.05) is 11.4 Å². The fraction of sp³-hybridized carbons (Fsp3) is 0.133. The molecule has 0 spiro atoms. The standard InChI is InChI=1S/C15H12ClFINO/c1-2-19(12-6-4-11(17)5-7-12)15(20)10-3-8-14(18)13(16)9-10/h3-9H,2H2,1H3. The highest BCUT2D eigenvalue weighted by Gasteiger charge is 2.17. The first kappa shape index (κ1) is 15.3. The van der Waals surface area contributed by atoms with E-state index in [-0.39, 0.29) is 11.7 Å². The van der Waals surface area contributed by atoms with Crippen LogP contribution in [-0.4, -0.2) is 12.5 Å². The first-order valence-electron chi connectivity index (χ1n) is 6.05. The van der Waals surface area contributed by atoms with E-state index < -0.39 is 0 Å². The van der Waals surface area contributed by atoms with Crippen molar-refractivity contribution in [1.82, 2.24) is 0 Å². The Hall–Kier alpha value is -1.14. The van der Waals surface area contributed by atoms with Gasteiger partial charge in [-0.2, -0.15) is 0 Å². The van der Waals surface area contributed by atoms with Crippen molar-refractivity contribution in [1.29, 1.82) is 0 Å². The van der Waals surface area contributed by atoms with Gasteiger partial charge in [-0.05, 0) is 72.0 Å². The monoisotopic (exact) mass is 403 g/mol. The van der Waals surface area contributed by atoms with Gasteiger partial charge in [-0.1, -0.05) is 11.6 Å². The highest BCUT2D eigenvalue weighted by atomic mass is 127. The third-order valence-electron chi connectivity index (χ3n) is 2.87. The Morgan fingerprint density at radius 3 is 2.45 bits per heavy atom. The lowest BCUT2D eigenvalue weighted by Crippen LogP contribution is -2.30. The van der Waals surface area contributed by atoms with Crippen LogP contribution in [-0.2, 0) is 0 Å². The number of benzene rings is 2. The molecular weight excluding hydrogens is 392 g/mol. The second-order valence-corrected chi connectivity index (χ2v) is 5.72. The van der Waals surface area contributed by atoms with E-state index in [9.17, 15) is 9.18 Å². The number of carbonyl (C=O) groups is 1. The second-order valence-electron chi connectivity index (χ2n) is 4.15. The summed E-state index contributed by atoms with van der Waals surface area (Å²) in [7, 11) is 0. The molecule has 2 aromatic carbocycles. The third-order valence-corrected chi connectivity index (χ3v) is 4.44. The van der Waals surface area contributed by atoms with Crippen LogP contribution in [0, 0.1) is 9.39 Å². The van der Waals surface area contributed by atoms with E-state index in [1.165, 1.54) is 12.1 Å². The normalized spacial score (nSPS) is 10.4. The zero-order valence-electron chi connectivity index (χ0n) is 10.7. The van der Waals surface area contributed by atoms with Gasteiger partial charge in [0.2, 0.25) is 0 Å². The molecule has 0 radical (unpaired) electrons. The lowest BCUT2D eigenvalue weighted by molar-refractivity contribution is 0.0988. The molecule has 0 bridgehead atoms. The maximum atomic E-state index is 13.0. The van der Waals surface area contributed by atoms with E-state index >= 15 is 0 Å². The molecule has 2 rings (SSSR count). The van der Waals surface area contributed by atoms with Gasteiger partial charge >= 0.3 is 0 Å². The van der Waals surface area contributed by atoms with Crippen molar-refractivity contribution in [3.63, 3.8) is 0 Å². The molecule has 20 heavy (non-hydrogen) atoms. The van der Waals surface area contributed by atoms with Crippen molar-refractivity contribution < 1.29 is 9.18 Å². The van der Waals surface area contributed by atoms with E-state index in [0.717, 1.165) is 3.57 Å². The van der Waals surface area contributed by atoms with E-state index in [0.29, 0.717) is 22.8 Å². The molecule has 2 aromatic rings. The van der Waals surface area contributed by atoms with Gasteiger partial charge in [-0.3, -0.25) is 4.79 Å². The van der Waals surface area contributed by atoms with Gasteiger partial charge in [-0.25, -0.2) is 4.39 Å². The van der Waals surface area contributed by atoms with Crippen LogP contribution < -0.4 is 4.90 Å². The highest BCUT2D eigenvalue weighted by Crippen LogP contribution is 2.22. The molecular formula is C15H12ClFINO. The summed E-state index contributed by atoms with van der Waals surface area (Å²) >= 11 is 8.15. The number of hydrogen-bond acceptors (Lipinski definition) is 1. The fourth-order valence-corrected chi connectivity index (χ4v) is 2.37. The van der Waals surface area contributed by atoms with Crippen LogP contribution >= 0.6 is 34.2 Å². The van der Waals surface area contributed by atoms with Crippen LogP contribution in [0.5, 0.6) is 0 Å². The Morgan fingerprint density at radius 2 is 1.90 bits per heavy atom. The molecule has 0 N–H and O–H groups in total. The Labute approximate surface area is 135 Å². The van der Waals surface area contributed by atoms with E-state index in [1.807, 2.05) is 6.92 Å². The van der Waals surface area contributed by atoms with Gasteiger partial charge in [0.25, 0.3) is 5.91 Å². The molecule has 0 aromatic heterocycles. The van der Waals surface area contributed by atoms with Crippen molar-refractivity contribution in [3.8, 4) is 0 Å². The van der Waals surface area contributed by atoms with Gasteiger partial charge in [0.05, 0.1) is 5.02 Å². The minimum atomic E-state index is -0.324. The number of hydrogen-bond donors (Lipinski definition) is 0. The third kappa shape index (κ3) is 3.30. The molecule has 0 atom stereocenters. The molecule has 0 aliphatic carbocycles. The molecule has 1 amide bonds. The average Bonchev–Trinajstić information content (AvgIpc) is 2.44. The van der Waals surface area contributed by atoms with Crippen LogP contribution in [0.4, 0.5) is 10.1 Å². The van der Waals surface area contributed by atoms with Crippen LogP contribution in [0.15, 0.2) is 42.5 Å². The van der Waals surface area contributed by atoms with Crippen LogP contribution in [0.3, 0.4) is 0 Å². The summed E-state index contributed by atoms with van der Waals surface area (Å²) < 4.78 is 13.8. The number of nitrogens with zero attached hydrogens (tertiary/aromatic N) is 1. The summed E-state index contributed by atoms with van der Waals surface area (Å²) in [5.74, 6) is -0.480. The zero-order valence-corrected chi connectivity index (χ0v) is 13.7. The van der Waals surface area contributed by atoms with E-state index in [2.05, 4.69) is 22.6 Å². The first-order valence-corrected chi connectivity index (χ1v) is 7.51. The Balaban J connectivity index is 2.33. The highest BCUT2D eigenvalue weighted by molar-refractivity contribution is 14.1. The molecule has 0 fully saturated rings. The number of halogens is 3. The fourth-order valence-electron chi connectivity index (χ4n) is 1.85. The topological polar surface area (TPSA) is 20.3 Å². The van der Waals surface area contributed by atoms with Gasteiger partial charge in [0, 0.05) is 21.4 Å². The molecule has 0 saturated carbocycles. The lowest BCUT2D eigenvalue weighted by Gasteiger charge is -2.21. The van der Waals surface area contributed by atoms with Crippen LogP contribution in [0.2, 0.25) is 5.02 Å². The Kier molecular flexibility index (Phi) is 4.99. The van der Waals surface area contributed by atoms with Crippen molar-refractivity contribution in [2.45, 2.75) is 6.92 Å². The van der Waals surface area contributed by atoms with E-state index in [4.69, 9.17) is 11.6 Å². The summed E-state index contributed by atoms with van der Waals surface area (Å²) in [6.07, 6.45) is 0. The minimum Gasteiger partial charge on any atom is -0.309 e. The molecule has 0 aliphatic heterocycles. The minimum absolute atomic E-state index is 0.155. The molecule has 0 unspecified atom stereocenters. The second kappa shape index (κ2) is 6.54. The largest absolute Gasteiger partial charge is 0.309 e. The summed E-state index contributed by atoms with van der Waals surface area (Å²) in [6, 6.07) is 11.0. The van der Waals surface area contributed by atoms with Gasteiger partial charge in [-0.15, -0.1) is 0 Å². The predicted octanol–water partition coefficient (Wildman–Crippen LogP) is 4.75. The Bertz CT molecular complexity index is 630. The molecule has 5 heteroatoms. The van der Waals surface area contributed by atoms with Crippen molar-refractivity contribution >= 4 is 45.8 Å². The Morgan fingerprint density at radius 1 is 1.25 bits per heavy atom. The average molecular weight is 404 g/mol. The predicted molar refractivity (Wildman–Crippen MR) is 87.9 cm³/mol. The quantitative estimate of drug-likeness (QED) is 0.677. The summed E-state index contributed by atoms with van der Waals surface area (Å²) in [5.41, 5.74) is 1.18. The van der Waals surface area contributed by atoms with Crippen molar-refractivity contribution in [2.24, 2.45) is 0 Å². The smallest absolute Gasteiger partial charge is 0.258 e. The summed E-state index contributed by atoms with van der Waals surface area (Å²) in [4.78, 5) is 14.1. The molecule has 0 aliphatic rings.